The van der Waals surface area contributed by atoms with Crippen LogP contribution in [0.15, 0.2) is 18.2 Å². The number of rotatable bonds is 6. The normalized spacial score (nSPS) is 11.9. The molecule has 2 N–H and O–H groups in total. The predicted molar refractivity (Wildman–Crippen MR) is 64.5 cm³/mol. The fourth-order valence-electron chi connectivity index (χ4n) is 1.40. The van der Waals surface area contributed by atoms with Crippen LogP contribution in [-0.2, 0) is 0 Å². The molecular formula is C10H13N3O5. The second-order valence-electron chi connectivity index (χ2n) is 3.65. The van der Waals surface area contributed by atoms with Crippen molar-refractivity contribution in [3.63, 3.8) is 0 Å². The Kier molecular flexibility index (Phi) is 4.55. The van der Waals surface area contributed by atoms with Gasteiger partial charge in [-0.1, -0.05) is 6.92 Å². The van der Waals surface area contributed by atoms with Crippen LogP contribution in [0.5, 0.6) is 0 Å². The summed E-state index contributed by atoms with van der Waals surface area (Å²) >= 11 is 0. The molecule has 0 saturated carbocycles. The van der Waals surface area contributed by atoms with E-state index in [2.05, 4.69) is 5.32 Å². The molecule has 0 heterocycles. The van der Waals surface area contributed by atoms with Crippen molar-refractivity contribution in [2.75, 3.05) is 11.9 Å². The van der Waals surface area contributed by atoms with Crippen LogP contribution in [0.25, 0.3) is 0 Å². The van der Waals surface area contributed by atoms with E-state index in [0.717, 1.165) is 6.07 Å². The van der Waals surface area contributed by atoms with E-state index in [1.54, 1.807) is 0 Å². The number of anilines is 1. The third-order valence-corrected chi connectivity index (χ3v) is 2.46. The van der Waals surface area contributed by atoms with Crippen LogP contribution in [0.1, 0.15) is 13.3 Å². The lowest BCUT2D eigenvalue weighted by molar-refractivity contribution is -0.393. The summed E-state index contributed by atoms with van der Waals surface area (Å²) in [4.78, 5) is 20.0. The van der Waals surface area contributed by atoms with Gasteiger partial charge >= 0.3 is 0 Å². The summed E-state index contributed by atoms with van der Waals surface area (Å²) in [6.45, 7) is 1.63. The Morgan fingerprint density at radius 2 is 2.00 bits per heavy atom. The summed E-state index contributed by atoms with van der Waals surface area (Å²) in [5.41, 5.74) is -0.563. The maximum Gasteiger partial charge on any atom is 0.299 e. The van der Waals surface area contributed by atoms with Crippen LogP contribution in [0, 0.1) is 20.2 Å². The first-order chi connectivity index (χ1) is 8.49. The van der Waals surface area contributed by atoms with E-state index in [1.165, 1.54) is 12.1 Å². The van der Waals surface area contributed by atoms with Crippen molar-refractivity contribution in [3.8, 4) is 0 Å². The van der Waals surface area contributed by atoms with Gasteiger partial charge in [0.2, 0.25) is 0 Å². The fraction of sp³-hybridized carbons (Fsp3) is 0.400. The Labute approximate surface area is 103 Å². The minimum atomic E-state index is -0.695. The van der Waals surface area contributed by atoms with Crippen LogP contribution in [-0.4, -0.2) is 27.6 Å². The zero-order chi connectivity index (χ0) is 13.7. The molecule has 0 aliphatic rings. The maximum absolute atomic E-state index is 10.8. The highest BCUT2D eigenvalue weighted by Gasteiger charge is 2.20. The lowest BCUT2D eigenvalue weighted by Gasteiger charge is -2.15. The second kappa shape index (κ2) is 5.92. The molecule has 0 bridgehead atoms. The first-order valence-corrected chi connectivity index (χ1v) is 5.29. The Hall–Kier alpha value is -2.22. The number of nitrogens with zero attached hydrogens (tertiary/aromatic N) is 2. The van der Waals surface area contributed by atoms with Gasteiger partial charge in [0.15, 0.2) is 0 Å². The first kappa shape index (κ1) is 13.8. The molecule has 98 valence electrons. The number of nitro benzene ring substituents is 2. The zero-order valence-corrected chi connectivity index (χ0v) is 9.70. The molecule has 0 fully saturated rings. The molecule has 0 aliphatic heterocycles. The Morgan fingerprint density at radius 1 is 1.33 bits per heavy atom. The van der Waals surface area contributed by atoms with Crippen LogP contribution in [0.2, 0.25) is 0 Å². The number of hydrogen-bond donors (Lipinski definition) is 2. The SMILES string of the molecule is CCC(CO)Nc1ccc([N+](=O)[O-])cc1[N+](=O)[O-]. The van der Waals surface area contributed by atoms with Crippen molar-refractivity contribution < 1.29 is 15.0 Å². The van der Waals surface area contributed by atoms with E-state index in [-0.39, 0.29) is 29.7 Å². The highest BCUT2D eigenvalue weighted by Crippen LogP contribution is 2.29. The van der Waals surface area contributed by atoms with Crippen molar-refractivity contribution in [1.29, 1.82) is 0 Å². The van der Waals surface area contributed by atoms with Crippen LogP contribution >= 0.6 is 0 Å². The molecule has 0 spiro atoms. The van der Waals surface area contributed by atoms with Gasteiger partial charge in [-0.3, -0.25) is 20.2 Å². The van der Waals surface area contributed by atoms with Gasteiger partial charge in [-0.25, -0.2) is 0 Å². The van der Waals surface area contributed by atoms with E-state index in [9.17, 15) is 20.2 Å². The third kappa shape index (κ3) is 3.14. The standard InChI is InChI=1S/C10H13N3O5/c1-2-7(6-14)11-9-4-3-8(12(15)16)5-10(9)13(17)18/h3-5,7,11,14H,2,6H2,1H3. The zero-order valence-electron chi connectivity index (χ0n) is 9.70. The van der Waals surface area contributed by atoms with Crippen molar-refractivity contribution >= 4 is 17.1 Å². The van der Waals surface area contributed by atoms with Crippen molar-refractivity contribution in [2.45, 2.75) is 19.4 Å². The molecule has 1 aromatic rings. The number of nitro groups is 2. The summed E-state index contributed by atoms with van der Waals surface area (Å²) in [6.07, 6.45) is 0.574. The summed E-state index contributed by atoms with van der Waals surface area (Å²) in [5, 5.41) is 33.2. The quantitative estimate of drug-likeness (QED) is 0.589. The largest absolute Gasteiger partial charge is 0.394 e. The van der Waals surface area contributed by atoms with Crippen molar-refractivity contribution in [3.05, 3.63) is 38.4 Å². The maximum atomic E-state index is 10.8. The van der Waals surface area contributed by atoms with Crippen molar-refractivity contribution in [1.82, 2.24) is 0 Å². The molecule has 8 heteroatoms. The molecular weight excluding hydrogens is 242 g/mol. The topological polar surface area (TPSA) is 119 Å². The van der Waals surface area contributed by atoms with Gasteiger partial charge in [-0.15, -0.1) is 0 Å². The Bertz CT molecular complexity index is 459. The van der Waals surface area contributed by atoms with Crippen molar-refractivity contribution in [2.24, 2.45) is 0 Å². The number of nitrogens with one attached hydrogen (secondary N) is 1. The molecule has 1 rings (SSSR count). The minimum absolute atomic E-state index is 0.159. The van der Waals surface area contributed by atoms with E-state index in [1.807, 2.05) is 6.92 Å². The summed E-state index contributed by atoms with van der Waals surface area (Å²) in [6, 6.07) is 3.02. The molecule has 1 atom stereocenters. The molecule has 0 saturated heterocycles. The molecule has 18 heavy (non-hydrogen) atoms. The van der Waals surface area contributed by atoms with Gasteiger partial charge in [0.25, 0.3) is 11.4 Å². The molecule has 0 aromatic heterocycles. The van der Waals surface area contributed by atoms with Gasteiger partial charge in [0.05, 0.1) is 22.5 Å². The minimum Gasteiger partial charge on any atom is -0.394 e. The van der Waals surface area contributed by atoms with Crippen LogP contribution in [0.3, 0.4) is 0 Å². The van der Waals surface area contributed by atoms with Gasteiger partial charge in [-0.2, -0.15) is 0 Å². The average molecular weight is 255 g/mol. The fourth-order valence-corrected chi connectivity index (χ4v) is 1.40. The molecule has 8 nitrogen and oxygen atoms in total. The Morgan fingerprint density at radius 3 is 2.44 bits per heavy atom. The molecule has 0 radical (unpaired) electrons. The molecule has 1 aromatic carbocycles. The first-order valence-electron chi connectivity index (χ1n) is 5.29. The number of aliphatic hydroxyl groups excluding tert-OH is 1. The van der Waals surface area contributed by atoms with Gasteiger partial charge in [0.1, 0.15) is 5.69 Å². The lowest BCUT2D eigenvalue weighted by Crippen LogP contribution is -2.23. The van der Waals surface area contributed by atoms with Crippen LogP contribution < -0.4 is 5.32 Å². The lowest BCUT2D eigenvalue weighted by atomic mass is 10.2. The number of hydrogen-bond acceptors (Lipinski definition) is 6. The monoisotopic (exact) mass is 255 g/mol. The summed E-state index contributed by atoms with van der Waals surface area (Å²) in [5.74, 6) is 0. The third-order valence-electron chi connectivity index (χ3n) is 2.46. The number of benzene rings is 1. The molecule has 0 amide bonds. The molecule has 1 unspecified atom stereocenters. The highest BCUT2D eigenvalue weighted by molar-refractivity contribution is 5.65. The van der Waals surface area contributed by atoms with Crippen LogP contribution in [0.4, 0.5) is 17.1 Å². The second-order valence-corrected chi connectivity index (χ2v) is 3.65. The highest BCUT2D eigenvalue weighted by atomic mass is 16.6. The molecule has 0 aliphatic carbocycles. The predicted octanol–water partition coefficient (Wildman–Crippen LogP) is 1.69. The number of non-ortho nitro benzene ring substituents is 1. The van der Waals surface area contributed by atoms with E-state index < -0.39 is 9.85 Å². The Balaban J connectivity index is 3.11. The van der Waals surface area contributed by atoms with Gasteiger partial charge in [0, 0.05) is 12.1 Å². The van der Waals surface area contributed by atoms with E-state index >= 15 is 0 Å². The number of aliphatic hydroxyl groups is 1. The van der Waals surface area contributed by atoms with Gasteiger partial charge < -0.3 is 10.4 Å². The van der Waals surface area contributed by atoms with E-state index in [4.69, 9.17) is 5.11 Å². The smallest absolute Gasteiger partial charge is 0.299 e. The summed E-state index contributed by atoms with van der Waals surface area (Å²) < 4.78 is 0. The van der Waals surface area contributed by atoms with E-state index in [0.29, 0.717) is 6.42 Å². The van der Waals surface area contributed by atoms with Gasteiger partial charge in [-0.05, 0) is 12.5 Å². The average Bonchev–Trinajstić information content (AvgIpc) is 2.35. The summed E-state index contributed by atoms with van der Waals surface area (Å²) in [7, 11) is 0.